The van der Waals surface area contributed by atoms with Gasteiger partial charge < -0.3 is 14.5 Å². The molecule has 2 aliphatic heterocycles. The molecule has 1 saturated heterocycles. The molecule has 0 spiro atoms. The summed E-state index contributed by atoms with van der Waals surface area (Å²) in [5, 5.41) is 0.176. The van der Waals surface area contributed by atoms with Crippen LogP contribution in [0.4, 0.5) is 13.6 Å². The molecule has 0 bridgehead atoms. The van der Waals surface area contributed by atoms with Crippen LogP contribution in [0.5, 0.6) is 0 Å². The van der Waals surface area contributed by atoms with Crippen LogP contribution in [-0.4, -0.2) is 58.5 Å². The zero-order valence-corrected chi connectivity index (χ0v) is 16.1. The van der Waals surface area contributed by atoms with Crippen LogP contribution in [0.15, 0.2) is 24.3 Å². The van der Waals surface area contributed by atoms with Gasteiger partial charge in [-0.25, -0.2) is 18.4 Å². The van der Waals surface area contributed by atoms with E-state index in [9.17, 15) is 28.0 Å². The number of hydrogen-bond acceptors (Lipinski definition) is 6. The van der Waals surface area contributed by atoms with E-state index in [1.54, 1.807) is 20.8 Å². The van der Waals surface area contributed by atoms with Gasteiger partial charge in [0.05, 0.1) is 11.1 Å². The van der Waals surface area contributed by atoms with Crippen molar-refractivity contribution in [2.24, 2.45) is 5.92 Å². The van der Waals surface area contributed by atoms with Crippen LogP contribution >= 0.6 is 0 Å². The Labute approximate surface area is 165 Å². The second-order valence-corrected chi connectivity index (χ2v) is 7.85. The number of imide groups is 1. The second-order valence-electron chi connectivity index (χ2n) is 7.85. The standard InChI is InChI=1S/C19H20F2N2O6/c1-18(2,3)28-17(27)22-9-8-19(20,21)13(10-22)16(26)29-23-14(24)11-6-4-5-7-12(11)15(23)25/h4-7,13H,8-10H2,1-3H3. The fourth-order valence-electron chi connectivity index (χ4n) is 3.05. The number of carbonyl (C=O) groups is 4. The molecule has 156 valence electrons. The highest BCUT2D eigenvalue weighted by molar-refractivity contribution is 6.20. The van der Waals surface area contributed by atoms with E-state index in [1.807, 2.05) is 0 Å². The molecule has 8 nitrogen and oxygen atoms in total. The van der Waals surface area contributed by atoms with Gasteiger partial charge in [0.2, 0.25) is 0 Å². The van der Waals surface area contributed by atoms with Gasteiger partial charge >= 0.3 is 12.1 Å². The molecule has 3 rings (SSSR count). The summed E-state index contributed by atoms with van der Waals surface area (Å²) in [6.45, 7) is 3.90. The topological polar surface area (TPSA) is 93.2 Å². The molecule has 1 fully saturated rings. The lowest BCUT2D eigenvalue weighted by molar-refractivity contribution is -0.193. The Kier molecular flexibility index (Phi) is 5.06. The zero-order chi connectivity index (χ0) is 21.6. The normalized spacial score (nSPS) is 21.1. The minimum Gasteiger partial charge on any atom is -0.444 e. The number of piperidine rings is 1. The highest BCUT2D eigenvalue weighted by Gasteiger charge is 2.52. The van der Waals surface area contributed by atoms with Crippen molar-refractivity contribution in [3.8, 4) is 0 Å². The number of ether oxygens (including phenoxy) is 1. The van der Waals surface area contributed by atoms with Gasteiger partial charge in [-0.1, -0.05) is 17.2 Å². The Balaban J connectivity index is 1.74. The van der Waals surface area contributed by atoms with E-state index in [0.29, 0.717) is 0 Å². The molecule has 0 aromatic heterocycles. The number of halogens is 2. The number of amides is 3. The molecule has 3 amide bonds. The number of hydroxylamine groups is 2. The second kappa shape index (κ2) is 7.09. The van der Waals surface area contributed by atoms with Gasteiger partial charge in [0.1, 0.15) is 11.5 Å². The monoisotopic (exact) mass is 410 g/mol. The molecule has 0 aliphatic carbocycles. The van der Waals surface area contributed by atoms with Gasteiger partial charge in [-0.3, -0.25) is 9.59 Å². The molecule has 0 N–H and O–H groups in total. The number of likely N-dealkylation sites (tertiary alicyclic amines) is 1. The Morgan fingerprint density at radius 2 is 1.66 bits per heavy atom. The minimum atomic E-state index is -3.48. The van der Waals surface area contributed by atoms with Crippen molar-refractivity contribution in [3.05, 3.63) is 35.4 Å². The van der Waals surface area contributed by atoms with Crippen molar-refractivity contribution >= 4 is 23.9 Å². The van der Waals surface area contributed by atoms with Crippen LogP contribution in [-0.2, 0) is 14.4 Å². The lowest BCUT2D eigenvalue weighted by atomic mass is 9.94. The molecular weight excluding hydrogens is 390 g/mol. The first kappa shape index (κ1) is 20.7. The molecule has 0 saturated carbocycles. The van der Waals surface area contributed by atoms with Gasteiger partial charge in [-0.2, -0.15) is 0 Å². The maximum Gasteiger partial charge on any atom is 0.410 e. The van der Waals surface area contributed by atoms with Crippen molar-refractivity contribution in [3.63, 3.8) is 0 Å². The molecule has 10 heteroatoms. The Hall–Kier alpha value is -3.04. The van der Waals surface area contributed by atoms with Crippen molar-refractivity contribution in [1.29, 1.82) is 0 Å². The molecule has 1 aromatic carbocycles. The molecule has 1 atom stereocenters. The van der Waals surface area contributed by atoms with E-state index in [-0.39, 0.29) is 22.7 Å². The number of benzene rings is 1. The van der Waals surface area contributed by atoms with Crippen molar-refractivity contribution in [2.75, 3.05) is 13.1 Å². The Morgan fingerprint density at radius 1 is 1.10 bits per heavy atom. The first-order valence-corrected chi connectivity index (χ1v) is 8.96. The smallest absolute Gasteiger partial charge is 0.410 e. The highest BCUT2D eigenvalue weighted by Crippen LogP contribution is 2.35. The maximum atomic E-state index is 14.4. The fourth-order valence-corrected chi connectivity index (χ4v) is 3.05. The summed E-state index contributed by atoms with van der Waals surface area (Å²) in [6.07, 6.45) is -1.62. The minimum absolute atomic E-state index is 0.0103. The van der Waals surface area contributed by atoms with E-state index < -0.39 is 54.3 Å². The van der Waals surface area contributed by atoms with Gasteiger partial charge in [-0.05, 0) is 32.9 Å². The third-order valence-electron chi connectivity index (χ3n) is 4.50. The first-order chi connectivity index (χ1) is 13.4. The van der Waals surface area contributed by atoms with Crippen LogP contribution in [0.1, 0.15) is 47.9 Å². The molecule has 29 heavy (non-hydrogen) atoms. The summed E-state index contributed by atoms with van der Waals surface area (Å²) in [7, 11) is 0. The maximum absolute atomic E-state index is 14.4. The summed E-state index contributed by atoms with van der Waals surface area (Å²) in [6, 6.07) is 5.76. The van der Waals surface area contributed by atoms with Crippen molar-refractivity contribution < 1.29 is 37.5 Å². The highest BCUT2D eigenvalue weighted by atomic mass is 19.3. The molecule has 2 aliphatic rings. The molecule has 1 aromatic rings. The summed E-state index contributed by atoms with van der Waals surface area (Å²) < 4.78 is 33.9. The van der Waals surface area contributed by atoms with E-state index in [2.05, 4.69) is 0 Å². The number of nitrogens with zero attached hydrogens (tertiary/aromatic N) is 2. The van der Waals surface area contributed by atoms with E-state index >= 15 is 0 Å². The van der Waals surface area contributed by atoms with Crippen LogP contribution in [0.3, 0.4) is 0 Å². The lowest BCUT2D eigenvalue weighted by Gasteiger charge is -2.37. The molecule has 0 radical (unpaired) electrons. The molecule has 2 heterocycles. The zero-order valence-electron chi connectivity index (χ0n) is 16.1. The number of alkyl halides is 2. The van der Waals surface area contributed by atoms with E-state index in [1.165, 1.54) is 24.3 Å². The van der Waals surface area contributed by atoms with Crippen LogP contribution < -0.4 is 0 Å². The predicted molar refractivity (Wildman–Crippen MR) is 93.9 cm³/mol. The summed E-state index contributed by atoms with van der Waals surface area (Å²) >= 11 is 0. The van der Waals surface area contributed by atoms with Gasteiger partial charge in [0, 0.05) is 19.5 Å². The largest absolute Gasteiger partial charge is 0.444 e. The average Bonchev–Trinajstić information content (AvgIpc) is 2.85. The number of hydrogen-bond donors (Lipinski definition) is 0. The van der Waals surface area contributed by atoms with Crippen LogP contribution in [0.25, 0.3) is 0 Å². The third kappa shape index (κ3) is 4.06. The van der Waals surface area contributed by atoms with Gasteiger partial charge in [0.25, 0.3) is 17.7 Å². The Morgan fingerprint density at radius 3 is 2.17 bits per heavy atom. The number of carbonyl (C=O) groups excluding carboxylic acids is 4. The van der Waals surface area contributed by atoms with Crippen molar-refractivity contribution in [2.45, 2.75) is 38.7 Å². The first-order valence-electron chi connectivity index (χ1n) is 8.96. The van der Waals surface area contributed by atoms with Crippen LogP contribution in [0.2, 0.25) is 0 Å². The van der Waals surface area contributed by atoms with E-state index in [4.69, 9.17) is 9.57 Å². The van der Waals surface area contributed by atoms with E-state index in [0.717, 1.165) is 4.90 Å². The van der Waals surface area contributed by atoms with Gasteiger partial charge in [0.15, 0.2) is 0 Å². The number of fused-ring (bicyclic) bond motifs is 1. The third-order valence-corrected chi connectivity index (χ3v) is 4.50. The SMILES string of the molecule is CC(C)(C)OC(=O)N1CCC(F)(F)C(C(=O)ON2C(=O)c3ccccc3C2=O)C1. The fraction of sp³-hybridized carbons (Fsp3) is 0.474. The molecule has 1 unspecified atom stereocenters. The van der Waals surface area contributed by atoms with Crippen LogP contribution in [0, 0.1) is 5.92 Å². The number of rotatable bonds is 2. The van der Waals surface area contributed by atoms with Crippen molar-refractivity contribution in [1.82, 2.24) is 9.96 Å². The lowest BCUT2D eigenvalue weighted by Crippen LogP contribution is -2.54. The average molecular weight is 410 g/mol. The predicted octanol–water partition coefficient (Wildman–Crippen LogP) is 2.63. The van der Waals surface area contributed by atoms with Gasteiger partial charge in [-0.15, -0.1) is 0 Å². The summed E-state index contributed by atoms with van der Waals surface area (Å²) in [4.78, 5) is 54.9. The summed E-state index contributed by atoms with van der Waals surface area (Å²) in [5.74, 6) is -8.83. The Bertz CT molecular complexity index is 845. The quantitative estimate of drug-likeness (QED) is 0.696. The summed E-state index contributed by atoms with van der Waals surface area (Å²) in [5.41, 5.74) is -0.820. The molecular formula is C19H20F2N2O6.